The number of thioether (sulfide) groups is 1. The Kier molecular flexibility index (Phi) is 2.77. The summed E-state index contributed by atoms with van der Waals surface area (Å²) in [5, 5.41) is 0.515. The van der Waals surface area contributed by atoms with Gasteiger partial charge in [0.05, 0.1) is 0 Å². The molecule has 1 unspecified atom stereocenters. The summed E-state index contributed by atoms with van der Waals surface area (Å²) in [6.07, 6.45) is 0. The molecule has 0 radical (unpaired) electrons. The number of aliphatic imine (C=N–C) groups is 1. The molecular formula is C11H12N2OS. The molecule has 1 aromatic rings. The van der Waals surface area contributed by atoms with E-state index in [0.717, 1.165) is 11.1 Å². The quantitative estimate of drug-likeness (QED) is 0.770. The van der Waals surface area contributed by atoms with Gasteiger partial charge in [0.2, 0.25) is 0 Å². The molecule has 4 heteroatoms. The Hall–Kier alpha value is -1.29. The summed E-state index contributed by atoms with van der Waals surface area (Å²) in [5.74, 6) is 0.727. The van der Waals surface area contributed by atoms with Crippen molar-refractivity contribution in [2.45, 2.75) is 13.0 Å². The molecule has 78 valence electrons. The van der Waals surface area contributed by atoms with Gasteiger partial charge in [-0.05, 0) is 13.0 Å². The Morgan fingerprint density at radius 1 is 1.60 bits per heavy atom. The highest BCUT2D eigenvalue weighted by atomic mass is 32.2. The van der Waals surface area contributed by atoms with Crippen LogP contribution in [0.5, 0.6) is 0 Å². The molecule has 1 aromatic carbocycles. The molecule has 0 bridgehead atoms. The van der Waals surface area contributed by atoms with E-state index in [1.165, 1.54) is 11.8 Å². The molecular weight excluding hydrogens is 208 g/mol. The summed E-state index contributed by atoms with van der Waals surface area (Å²) in [6.45, 7) is 1.97. The zero-order valence-electron chi connectivity index (χ0n) is 8.43. The maximum Gasteiger partial charge on any atom is 0.188 e. The van der Waals surface area contributed by atoms with Gasteiger partial charge in [0.15, 0.2) is 11.0 Å². The van der Waals surface area contributed by atoms with Crippen molar-refractivity contribution in [3.05, 3.63) is 35.4 Å². The Labute approximate surface area is 92.8 Å². The highest BCUT2D eigenvalue weighted by Gasteiger charge is 2.24. The van der Waals surface area contributed by atoms with Gasteiger partial charge < -0.3 is 5.73 Å². The maximum atomic E-state index is 12.0. The van der Waals surface area contributed by atoms with E-state index in [0.29, 0.717) is 10.9 Å². The van der Waals surface area contributed by atoms with E-state index in [9.17, 15) is 4.79 Å². The van der Waals surface area contributed by atoms with Crippen LogP contribution < -0.4 is 5.73 Å². The minimum Gasteiger partial charge on any atom is -0.379 e. The second kappa shape index (κ2) is 4.06. The molecule has 0 saturated carbocycles. The summed E-state index contributed by atoms with van der Waals surface area (Å²) in [5.41, 5.74) is 7.34. The van der Waals surface area contributed by atoms with E-state index in [2.05, 4.69) is 4.99 Å². The van der Waals surface area contributed by atoms with Gasteiger partial charge in [0.25, 0.3) is 0 Å². The summed E-state index contributed by atoms with van der Waals surface area (Å²) in [6, 6.07) is 7.27. The number of amidine groups is 1. The number of rotatable bonds is 2. The van der Waals surface area contributed by atoms with Crippen molar-refractivity contribution in [3.8, 4) is 0 Å². The van der Waals surface area contributed by atoms with Crippen LogP contribution >= 0.6 is 11.8 Å². The summed E-state index contributed by atoms with van der Waals surface area (Å²) in [7, 11) is 0. The van der Waals surface area contributed by atoms with Gasteiger partial charge in [0.1, 0.15) is 6.04 Å². The fraction of sp³-hybridized carbons (Fsp3) is 0.273. The molecule has 0 fully saturated rings. The summed E-state index contributed by atoms with van der Waals surface area (Å²) in [4.78, 5) is 16.1. The summed E-state index contributed by atoms with van der Waals surface area (Å²) < 4.78 is 0. The fourth-order valence-corrected chi connectivity index (χ4v) is 2.27. The topological polar surface area (TPSA) is 55.5 Å². The predicted octanol–water partition coefficient (Wildman–Crippen LogP) is 1.61. The van der Waals surface area contributed by atoms with Gasteiger partial charge in [-0.25, -0.2) is 0 Å². The summed E-state index contributed by atoms with van der Waals surface area (Å²) >= 11 is 1.44. The molecule has 0 saturated heterocycles. The van der Waals surface area contributed by atoms with Crippen LogP contribution in [0.1, 0.15) is 15.9 Å². The van der Waals surface area contributed by atoms with Crippen molar-refractivity contribution in [3.63, 3.8) is 0 Å². The zero-order valence-corrected chi connectivity index (χ0v) is 9.25. The van der Waals surface area contributed by atoms with Gasteiger partial charge in [-0.2, -0.15) is 0 Å². The molecule has 0 aromatic heterocycles. The molecule has 1 aliphatic heterocycles. The third-order valence-electron chi connectivity index (χ3n) is 2.28. The monoisotopic (exact) mass is 220 g/mol. The number of ketones is 1. The first-order chi connectivity index (χ1) is 7.16. The van der Waals surface area contributed by atoms with Crippen LogP contribution in [-0.2, 0) is 0 Å². The molecule has 0 spiro atoms. The van der Waals surface area contributed by atoms with Gasteiger partial charge in [-0.3, -0.25) is 9.79 Å². The largest absolute Gasteiger partial charge is 0.379 e. The predicted molar refractivity (Wildman–Crippen MR) is 63.4 cm³/mol. The van der Waals surface area contributed by atoms with Crippen LogP contribution in [-0.4, -0.2) is 22.7 Å². The average Bonchev–Trinajstić information content (AvgIpc) is 2.64. The van der Waals surface area contributed by atoms with E-state index in [4.69, 9.17) is 5.73 Å². The molecule has 1 heterocycles. The number of hydrogen-bond acceptors (Lipinski definition) is 4. The molecule has 15 heavy (non-hydrogen) atoms. The van der Waals surface area contributed by atoms with E-state index < -0.39 is 0 Å². The van der Waals surface area contributed by atoms with E-state index >= 15 is 0 Å². The van der Waals surface area contributed by atoms with Crippen molar-refractivity contribution in [1.29, 1.82) is 0 Å². The first kappa shape index (κ1) is 10.2. The Balaban J connectivity index is 2.21. The molecule has 3 nitrogen and oxygen atoms in total. The number of Topliss-reactive ketones (excluding diaryl/α,β-unsaturated/α-hetero) is 1. The Morgan fingerprint density at radius 3 is 3.00 bits per heavy atom. The van der Waals surface area contributed by atoms with Crippen LogP contribution in [0, 0.1) is 6.92 Å². The molecule has 1 atom stereocenters. The van der Waals surface area contributed by atoms with Crippen molar-refractivity contribution in [2.24, 2.45) is 10.7 Å². The lowest BCUT2D eigenvalue weighted by Gasteiger charge is -2.05. The highest BCUT2D eigenvalue weighted by molar-refractivity contribution is 8.14. The maximum absolute atomic E-state index is 12.0. The minimum atomic E-state index is -0.295. The van der Waals surface area contributed by atoms with Crippen molar-refractivity contribution < 1.29 is 4.79 Å². The van der Waals surface area contributed by atoms with Crippen LogP contribution in [0.4, 0.5) is 0 Å². The minimum absolute atomic E-state index is 0.0617. The fourth-order valence-electron chi connectivity index (χ4n) is 1.52. The SMILES string of the molecule is Cc1cccc(C(=O)C2CSC(N)=N2)c1. The lowest BCUT2D eigenvalue weighted by atomic mass is 10.0. The Bertz CT molecular complexity index is 428. The number of aryl methyl sites for hydroxylation is 1. The lowest BCUT2D eigenvalue weighted by Crippen LogP contribution is -2.19. The number of hydrogen-bond donors (Lipinski definition) is 1. The van der Waals surface area contributed by atoms with Crippen LogP contribution in [0.3, 0.4) is 0 Å². The van der Waals surface area contributed by atoms with Crippen molar-refractivity contribution >= 4 is 22.7 Å². The lowest BCUT2D eigenvalue weighted by molar-refractivity contribution is 0.0971. The van der Waals surface area contributed by atoms with E-state index in [1.54, 1.807) is 0 Å². The second-order valence-electron chi connectivity index (χ2n) is 3.53. The van der Waals surface area contributed by atoms with Crippen molar-refractivity contribution in [2.75, 3.05) is 5.75 Å². The van der Waals surface area contributed by atoms with Crippen LogP contribution in [0.25, 0.3) is 0 Å². The van der Waals surface area contributed by atoms with Gasteiger partial charge in [-0.15, -0.1) is 0 Å². The number of nitrogens with zero attached hydrogens (tertiary/aromatic N) is 1. The third kappa shape index (κ3) is 2.21. The number of carbonyl (C=O) groups excluding carboxylic acids is 1. The van der Waals surface area contributed by atoms with Gasteiger partial charge in [-0.1, -0.05) is 35.5 Å². The Morgan fingerprint density at radius 2 is 2.40 bits per heavy atom. The van der Waals surface area contributed by atoms with Gasteiger partial charge in [0, 0.05) is 11.3 Å². The molecule has 2 rings (SSSR count). The molecule has 1 aliphatic rings. The second-order valence-corrected chi connectivity index (χ2v) is 4.57. The first-order valence-electron chi connectivity index (χ1n) is 4.74. The zero-order chi connectivity index (χ0) is 10.8. The normalized spacial score (nSPS) is 20.1. The number of nitrogens with two attached hydrogens (primary N) is 1. The third-order valence-corrected chi connectivity index (χ3v) is 3.16. The van der Waals surface area contributed by atoms with E-state index in [1.807, 2.05) is 31.2 Å². The number of carbonyl (C=O) groups is 1. The van der Waals surface area contributed by atoms with E-state index in [-0.39, 0.29) is 11.8 Å². The average molecular weight is 220 g/mol. The molecule has 0 aliphatic carbocycles. The van der Waals surface area contributed by atoms with Gasteiger partial charge >= 0.3 is 0 Å². The first-order valence-corrected chi connectivity index (χ1v) is 5.72. The van der Waals surface area contributed by atoms with Crippen LogP contribution in [0.2, 0.25) is 0 Å². The van der Waals surface area contributed by atoms with Crippen LogP contribution in [0.15, 0.2) is 29.3 Å². The smallest absolute Gasteiger partial charge is 0.188 e. The molecule has 2 N–H and O–H groups in total. The standard InChI is InChI=1S/C11H12N2OS/c1-7-3-2-4-8(5-7)10(14)9-6-15-11(12)13-9/h2-5,9H,6H2,1H3,(H2,12,13). The number of benzene rings is 1. The van der Waals surface area contributed by atoms with Crippen molar-refractivity contribution in [1.82, 2.24) is 0 Å². The highest BCUT2D eigenvalue weighted by Crippen LogP contribution is 2.19. The molecule has 0 amide bonds.